The normalized spacial score (nSPS) is 9.86. The number of rotatable bonds is 5. The fourth-order valence-corrected chi connectivity index (χ4v) is 1.91. The second kappa shape index (κ2) is 6.65. The van der Waals surface area contributed by atoms with Crippen molar-refractivity contribution in [1.82, 2.24) is 0 Å². The zero-order valence-electron chi connectivity index (χ0n) is 12.3. The van der Waals surface area contributed by atoms with Crippen LogP contribution in [0.4, 0.5) is 17.1 Å². The molecule has 5 heteroatoms. The van der Waals surface area contributed by atoms with Gasteiger partial charge in [0.1, 0.15) is 5.75 Å². The van der Waals surface area contributed by atoms with Crippen LogP contribution in [0, 0.1) is 0 Å². The monoisotopic (exact) mass is 286 g/mol. The molecule has 0 spiro atoms. The molecule has 0 aliphatic rings. The maximum atomic E-state index is 11.9. The number of anilines is 3. The van der Waals surface area contributed by atoms with Crippen molar-refractivity contribution in [3.05, 3.63) is 48.0 Å². The summed E-state index contributed by atoms with van der Waals surface area (Å²) in [7, 11) is 4.77. The van der Waals surface area contributed by atoms with Crippen LogP contribution in [0.5, 0.6) is 5.75 Å². The molecule has 0 bridgehead atoms. The number of hydrogen-bond donors (Lipinski definition) is 2. The van der Waals surface area contributed by atoms with E-state index in [1.54, 1.807) is 25.3 Å². The van der Waals surface area contributed by atoms with Gasteiger partial charge in [-0.05, 0) is 42.5 Å². The third kappa shape index (κ3) is 3.45. The molecule has 2 aromatic carbocycles. The number of nitrogens with one attached hydrogen (secondary N) is 2. The Kier molecular flexibility index (Phi) is 4.66. The molecule has 0 heterocycles. The quantitative estimate of drug-likeness (QED) is 0.826. The maximum absolute atomic E-state index is 11.9. The van der Waals surface area contributed by atoms with Crippen LogP contribution in [-0.4, -0.2) is 27.2 Å². The highest BCUT2D eigenvalue weighted by atomic mass is 16.5. The summed E-state index contributed by atoms with van der Waals surface area (Å²) in [6.07, 6.45) is 0. The van der Waals surface area contributed by atoms with E-state index in [9.17, 15) is 4.79 Å². The van der Waals surface area contributed by atoms with Gasteiger partial charge in [0.15, 0.2) is 0 Å². The van der Waals surface area contributed by atoms with Crippen LogP contribution < -0.4 is 15.4 Å². The molecular weight excluding hydrogens is 268 g/mol. The number of hydrogen-bond acceptors (Lipinski definition) is 5. The van der Waals surface area contributed by atoms with Crippen molar-refractivity contribution in [3.63, 3.8) is 0 Å². The molecule has 0 aliphatic carbocycles. The number of carbonyl (C=O) groups is 1. The van der Waals surface area contributed by atoms with E-state index in [-0.39, 0.29) is 0 Å². The third-order valence-electron chi connectivity index (χ3n) is 3.08. The lowest BCUT2D eigenvalue weighted by molar-refractivity contribution is 0.0601. The van der Waals surface area contributed by atoms with Gasteiger partial charge in [-0.15, -0.1) is 0 Å². The smallest absolute Gasteiger partial charge is 0.340 e. The molecule has 0 fully saturated rings. The zero-order chi connectivity index (χ0) is 15.2. The highest BCUT2D eigenvalue weighted by Gasteiger charge is 2.13. The molecule has 2 aromatic rings. The second-order valence-corrected chi connectivity index (χ2v) is 4.36. The van der Waals surface area contributed by atoms with E-state index in [4.69, 9.17) is 9.47 Å². The predicted octanol–water partition coefficient (Wildman–Crippen LogP) is 3.27. The highest BCUT2D eigenvalue weighted by molar-refractivity contribution is 5.97. The van der Waals surface area contributed by atoms with Gasteiger partial charge in [-0.3, -0.25) is 0 Å². The lowest BCUT2D eigenvalue weighted by Crippen LogP contribution is -2.06. The van der Waals surface area contributed by atoms with Crippen molar-refractivity contribution < 1.29 is 14.3 Å². The van der Waals surface area contributed by atoms with E-state index in [0.717, 1.165) is 11.4 Å². The van der Waals surface area contributed by atoms with E-state index in [2.05, 4.69) is 10.6 Å². The summed E-state index contributed by atoms with van der Waals surface area (Å²) in [5.41, 5.74) is 2.99. The average molecular weight is 286 g/mol. The van der Waals surface area contributed by atoms with Crippen molar-refractivity contribution in [2.45, 2.75) is 0 Å². The summed E-state index contributed by atoms with van der Waals surface area (Å²) in [4.78, 5) is 11.9. The first-order valence-corrected chi connectivity index (χ1v) is 6.49. The first-order valence-electron chi connectivity index (χ1n) is 6.49. The Morgan fingerprint density at radius 2 is 1.67 bits per heavy atom. The highest BCUT2D eigenvalue weighted by Crippen LogP contribution is 2.26. The van der Waals surface area contributed by atoms with E-state index >= 15 is 0 Å². The van der Waals surface area contributed by atoms with Crippen LogP contribution in [0.25, 0.3) is 0 Å². The lowest BCUT2D eigenvalue weighted by atomic mass is 10.1. The van der Waals surface area contributed by atoms with Gasteiger partial charge in [0.25, 0.3) is 0 Å². The van der Waals surface area contributed by atoms with Gasteiger partial charge in [0.2, 0.25) is 0 Å². The Bertz CT molecular complexity index is 624. The largest absolute Gasteiger partial charge is 0.497 e. The molecule has 2 N–H and O–H groups in total. The van der Waals surface area contributed by atoms with Gasteiger partial charge in [0.05, 0.1) is 25.5 Å². The van der Waals surface area contributed by atoms with E-state index in [0.29, 0.717) is 17.0 Å². The van der Waals surface area contributed by atoms with E-state index in [1.165, 1.54) is 7.11 Å². The molecule has 0 saturated carbocycles. The molecule has 0 aliphatic heterocycles. The first kappa shape index (κ1) is 14.7. The number of methoxy groups -OCH3 is 2. The van der Waals surface area contributed by atoms with E-state index < -0.39 is 5.97 Å². The predicted molar refractivity (Wildman–Crippen MR) is 83.6 cm³/mol. The summed E-state index contributed by atoms with van der Waals surface area (Å²) >= 11 is 0. The summed E-state index contributed by atoms with van der Waals surface area (Å²) in [6.45, 7) is 0. The Balaban J connectivity index is 2.31. The van der Waals surface area contributed by atoms with Gasteiger partial charge >= 0.3 is 5.97 Å². The summed E-state index contributed by atoms with van der Waals surface area (Å²) < 4.78 is 9.95. The van der Waals surface area contributed by atoms with Gasteiger partial charge in [-0.25, -0.2) is 4.79 Å². The van der Waals surface area contributed by atoms with Crippen molar-refractivity contribution in [3.8, 4) is 5.75 Å². The van der Waals surface area contributed by atoms with Crippen LogP contribution in [0.2, 0.25) is 0 Å². The molecule has 0 atom stereocenters. The number of ether oxygens (including phenoxy) is 2. The fourth-order valence-electron chi connectivity index (χ4n) is 1.91. The Hall–Kier alpha value is -2.69. The molecule has 21 heavy (non-hydrogen) atoms. The van der Waals surface area contributed by atoms with Gasteiger partial charge < -0.3 is 20.1 Å². The molecule has 0 radical (unpaired) electrons. The molecule has 0 saturated heterocycles. The molecule has 2 rings (SSSR count). The maximum Gasteiger partial charge on any atom is 0.340 e. The van der Waals surface area contributed by atoms with Gasteiger partial charge in [-0.1, -0.05) is 0 Å². The molecule has 0 amide bonds. The topological polar surface area (TPSA) is 59.6 Å². The minimum absolute atomic E-state index is 0.414. The SMILES string of the molecule is CNc1ccc(Nc2ccc(OC)cc2C(=O)OC)cc1. The minimum atomic E-state index is -0.414. The van der Waals surface area contributed by atoms with Crippen molar-refractivity contribution in [2.24, 2.45) is 0 Å². The number of benzene rings is 2. The van der Waals surface area contributed by atoms with Gasteiger partial charge in [-0.2, -0.15) is 0 Å². The third-order valence-corrected chi connectivity index (χ3v) is 3.08. The van der Waals surface area contributed by atoms with Crippen LogP contribution in [0.1, 0.15) is 10.4 Å². The van der Waals surface area contributed by atoms with Crippen molar-refractivity contribution >= 4 is 23.0 Å². The van der Waals surface area contributed by atoms with Crippen LogP contribution >= 0.6 is 0 Å². The molecule has 5 nitrogen and oxygen atoms in total. The van der Waals surface area contributed by atoms with Crippen LogP contribution in [0.15, 0.2) is 42.5 Å². The molecule has 110 valence electrons. The number of esters is 1. The van der Waals surface area contributed by atoms with Crippen LogP contribution in [-0.2, 0) is 4.74 Å². The van der Waals surface area contributed by atoms with Crippen molar-refractivity contribution in [1.29, 1.82) is 0 Å². The standard InChI is InChI=1S/C16H18N2O3/c1-17-11-4-6-12(7-5-11)18-15-9-8-13(20-2)10-14(15)16(19)21-3/h4-10,17-18H,1-3H3. The molecule has 0 unspecified atom stereocenters. The van der Waals surface area contributed by atoms with Crippen molar-refractivity contribution in [2.75, 3.05) is 31.9 Å². The average Bonchev–Trinajstić information content (AvgIpc) is 2.55. The number of carbonyl (C=O) groups excluding carboxylic acids is 1. The Labute approximate surface area is 123 Å². The Morgan fingerprint density at radius 3 is 2.24 bits per heavy atom. The summed E-state index contributed by atoms with van der Waals surface area (Å²) in [5.74, 6) is 0.190. The first-order chi connectivity index (χ1) is 10.2. The minimum Gasteiger partial charge on any atom is -0.497 e. The summed E-state index contributed by atoms with van der Waals surface area (Å²) in [6, 6.07) is 13.0. The second-order valence-electron chi connectivity index (χ2n) is 4.36. The molecular formula is C16H18N2O3. The summed E-state index contributed by atoms with van der Waals surface area (Å²) in [5, 5.41) is 6.26. The fraction of sp³-hybridized carbons (Fsp3) is 0.188. The molecule has 0 aromatic heterocycles. The van der Waals surface area contributed by atoms with Gasteiger partial charge in [0, 0.05) is 18.4 Å². The Morgan fingerprint density at radius 1 is 1.00 bits per heavy atom. The van der Waals surface area contributed by atoms with E-state index in [1.807, 2.05) is 31.3 Å². The lowest BCUT2D eigenvalue weighted by Gasteiger charge is -2.12. The van der Waals surface area contributed by atoms with Crippen LogP contribution in [0.3, 0.4) is 0 Å². The zero-order valence-corrected chi connectivity index (χ0v) is 12.3.